The van der Waals surface area contributed by atoms with Crippen molar-refractivity contribution in [1.29, 1.82) is 0 Å². The van der Waals surface area contributed by atoms with E-state index in [1.54, 1.807) is 34.7 Å². The molecule has 1 aliphatic rings. The van der Waals surface area contributed by atoms with Gasteiger partial charge in [0.05, 0.1) is 46.3 Å². The van der Waals surface area contributed by atoms with Gasteiger partial charge in [-0.1, -0.05) is 6.07 Å². The molecule has 278 valence electrons. The van der Waals surface area contributed by atoms with Crippen molar-refractivity contribution in [2.75, 3.05) is 37.7 Å². The maximum absolute atomic E-state index is 15.2. The number of hydrogen-bond acceptors (Lipinski definition) is 8. The maximum atomic E-state index is 15.2. The number of pyridine rings is 1. The van der Waals surface area contributed by atoms with Crippen LogP contribution < -0.4 is 9.62 Å². The lowest BCUT2D eigenvalue weighted by Crippen LogP contribution is -2.68. The van der Waals surface area contributed by atoms with E-state index in [0.29, 0.717) is 27.5 Å². The Hall–Kier alpha value is -5.65. The third-order valence-electron chi connectivity index (χ3n) is 9.76. The first-order valence-corrected chi connectivity index (χ1v) is 18.3. The number of amides is 1. The zero-order chi connectivity index (χ0) is 38.5. The average molecular weight is 765 g/mol. The van der Waals surface area contributed by atoms with Crippen LogP contribution in [0.1, 0.15) is 16.2 Å². The van der Waals surface area contributed by atoms with Gasteiger partial charge in [-0.3, -0.25) is 18.4 Å². The molecule has 7 aromatic rings. The van der Waals surface area contributed by atoms with Gasteiger partial charge in [0.1, 0.15) is 34.3 Å². The Kier molecular flexibility index (Phi) is 7.99. The molecule has 0 radical (unpaired) electrons. The molecule has 3 aromatic carbocycles. The highest BCUT2D eigenvalue weighted by Gasteiger charge is 2.60. The van der Waals surface area contributed by atoms with Gasteiger partial charge >= 0.3 is 6.18 Å². The summed E-state index contributed by atoms with van der Waals surface area (Å²) in [5.74, 6) is -1.18. The topological polar surface area (TPSA) is 133 Å². The number of fused-ring (bicyclic) bond motifs is 6. The number of sulfonamides is 1. The summed E-state index contributed by atoms with van der Waals surface area (Å²) in [6.07, 6.45) is -3.80. The highest BCUT2D eigenvalue weighted by Crippen LogP contribution is 2.42. The molecule has 17 heteroatoms. The molecular formula is C37H29F5N6O5S. The van der Waals surface area contributed by atoms with Crippen LogP contribution in [0.3, 0.4) is 0 Å². The van der Waals surface area contributed by atoms with Crippen LogP contribution >= 0.6 is 0 Å². The minimum Gasteiger partial charge on any atom is -0.455 e. The summed E-state index contributed by atoms with van der Waals surface area (Å²) >= 11 is 0. The fourth-order valence-corrected chi connectivity index (χ4v) is 7.45. The average Bonchev–Trinajstić information content (AvgIpc) is 3.69. The number of alkyl halides is 3. The number of nitrogens with one attached hydrogen (secondary N) is 1. The van der Waals surface area contributed by atoms with Gasteiger partial charge in [0.2, 0.25) is 10.0 Å². The maximum Gasteiger partial charge on any atom is 0.419 e. The number of aliphatic hydroxyl groups is 1. The van der Waals surface area contributed by atoms with Gasteiger partial charge in [-0.05, 0) is 60.7 Å². The molecule has 2 N–H and O–H groups in total. The molecule has 54 heavy (non-hydrogen) atoms. The van der Waals surface area contributed by atoms with E-state index in [9.17, 15) is 35.9 Å². The second-order valence-electron chi connectivity index (χ2n) is 13.3. The molecule has 1 aliphatic heterocycles. The molecule has 11 nitrogen and oxygen atoms in total. The molecule has 1 saturated heterocycles. The molecule has 8 rings (SSSR count). The van der Waals surface area contributed by atoms with Crippen molar-refractivity contribution in [3.63, 3.8) is 0 Å². The molecule has 0 aliphatic carbocycles. The Bertz CT molecular complexity index is 2800. The molecule has 0 unspecified atom stereocenters. The van der Waals surface area contributed by atoms with Crippen molar-refractivity contribution in [3.05, 3.63) is 95.8 Å². The number of carbonyl (C=O) groups excluding carboxylic acids is 1. The van der Waals surface area contributed by atoms with Crippen LogP contribution in [-0.4, -0.2) is 83.9 Å². The number of benzene rings is 3. The monoisotopic (exact) mass is 764 g/mol. The first-order valence-electron chi connectivity index (χ1n) is 16.4. The molecular weight excluding hydrogens is 736 g/mol. The lowest BCUT2D eigenvalue weighted by atomic mass is 9.93. The number of hydrogen-bond donors (Lipinski definition) is 2. The minimum absolute atomic E-state index is 0.105. The molecule has 0 saturated carbocycles. The standard InChI is InChI=1S/C37H29F5N6O5S/c1-43-35(49)32-23-13-22(28(46(2)54(3,51)52)15-30(23)53-34(32)19-7-9-20(38)10-8-19)25-11-12-26-33(45-25)29-14-21-24(39)5-4-6-27(21)48(29)31(44-26)16-47-17-36(50,18-47)37(40,41)42/h4-15,50H,16-18H2,1-3H3,(H,43,49). The number of rotatable bonds is 7. The van der Waals surface area contributed by atoms with Gasteiger partial charge in [-0.25, -0.2) is 27.2 Å². The molecule has 1 amide bonds. The number of halogens is 5. The Labute approximate surface area is 303 Å². The van der Waals surface area contributed by atoms with E-state index < -0.39 is 52.4 Å². The first-order chi connectivity index (χ1) is 25.5. The predicted octanol–water partition coefficient (Wildman–Crippen LogP) is 6.26. The normalized spacial score (nSPS) is 15.0. The Morgan fingerprint density at radius 3 is 2.39 bits per heavy atom. The van der Waals surface area contributed by atoms with Crippen LogP contribution in [0, 0.1) is 11.6 Å². The van der Waals surface area contributed by atoms with Crippen LogP contribution in [0.25, 0.3) is 61.0 Å². The van der Waals surface area contributed by atoms with Crippen LogP contribution in [0.4, 0.5) is 27.6 Å². The van der Waals surface area contributed by atoms with E-state index in [2.05, 4.69) is 5.32 Å². The largest absolute Gasteiger partial charge is 0.455 e. The smallest absolute Gasteiger partial charge is 0.419 e. The molecule has 5 heterocycles. The SMILES string of the molecule is CNC(=O)c1c(-c2ccc(F)cc2)oc2cc(N(C)S(C)(=O)=O)c(-c3ccc4nc(CN5CC(O)(C(F)(F)F)C5)n5c6cccc(F)c6cc5c4n3)cc12. The lowest BCUT2D eigenvalue weighted by Gasteiger charge is -2.46. The van der Waals surface area contributed by atoms with Gasteiger partial charge in [0, 0.05) is 55.2 Å². The zero-order valence-corrected chi connectivity index (χ0v) is 29.5. The van der Waals surface area contributed by atoms with Crippen LogP contribution in [0.15, 0.2) is 77.2 Å². The number of nitrogens with zero attached hydrogens (tertiary/aromatic N) is 5. The summed E-state index contributed by atoms with van der Waals surface area (Å²) in [7, 11) is -1.10. The summed E-state index contributed by atoms with van der Waals surface area (Å²) in [5.41, 5.74) is -0.209. The van der Waals surface area contributed by atoms with Crippen LogP contribution in [-0.2, 0) is 16.6 Å². The van der Waals surface area contributed by atoms with Gasteiger partial charge in [0.15, 0.2) is 5.60 Å². The number of likely N-dealkylation sites (tertiary alicyclic amines) is 1. The molecule has 0 bridgehead atoms. The van der Waals surface area contributed by atoms with E-state index in [1.807, 2.05) is 0 Å². The van der Waals surface area contributed by atoms with E-state index >= 15 is 4.39 Å². The van der Waals surface area contributed by atoms with Gasteiger partial charge in [0.25, 0.3) is 5.91 Å². The summed E-state index contributed by atoms with van der Waals surface area (Å²) < 4.78 is 104. The Morgan fingerprint density at radius 1 is 1.00 bits per heavy atom. The first kappa shape index (κ1) is 35.4. The fraction of sp³-hybridized carbons (Fsp3) is 0.216. The van der Waals surface area contributed by atoms with Crippen molar-refractivity contribution in [3.8, 4) is 22.6 Å². The summed E-state index contributed by atoms with van der Waals surface area (Å²) in [4.78, 5) is 24.4. The third kappa shape index (κ3) is 5.61. The van der Waals surface area contributed by atoms with E-state index in [-0.39, 0.29) is 57.1 Å². The number of anilines is 1. The second-order valence-corrected chi connectivity index (χ2v) is 15.3. The predicted molar refractivity (Wildman–Crippen MR) is 191 cm³/mol. The molecule has 4 aromatic heterocycles. The van der Waals surface area contributed by atoms with E-state index in [4.69, 9.17) is 14.4 Å². The Balaban J connectivity index is 1.35. The number of furan rings is 1. The van der Waals surface area contributed by atoms with Crippen molar-refractivity contribution >= 4 is 60.0 Å². The highest BCUT2D eigenvalue weighted by molar-refractivity contribution is 7.92. The quantitative estimate of drug-likeness (QED) is 0.182. The number of carbonyl (C=O) groups is 1. The zero-order valence-electron chi connectivity index (χ0n) is 28.7. The molecule has 0 spiro atoms. The van der Waals surface area contributed by atoms with Crippen LogP contribution in [0.2, 0.25) is 0 Å². The van der Waals surface area contributed by atoms with Crippen molar-refractivity contribution < 1.29 is 44.7 Å². The number of aromatic nitrogens is 3. The lowest BCUT2D eigenvalue weighted by molar-refractivity contribution is -0.302. The van der Waals surface area contributed by atoms with Crippen molar-refractivity contribution in [2.24, 2.45) is 0 Å². The van der Waals surface area contributed by atoms with Gasteiger partial charge in [-0.15, -0.1) is 0 Å². The molecule has 0 atom stereocenters. The molecule has 1 fully saturated rings. The van der Waals surface area contributed by atoms with Gasteiger partial charge in [-0.2, -0.15) is 13.2 Å². The summed E-state index contributed by atoms with van der Waals surface area (Å²) in [6, 6.07) is 17.5. The minimum atomic E-state index is -4.81. The fourth-order valence-electron chi connectivity index (χ4n) is 6.94. The van der Waals surface area contributed by atoms with E-state index in [0.717, 1.165) is 10.6 Å². The van der Waals surface area contributed by atoms with E-state index in [1.165, 1.54) is 61.5 Å². The third-order valence-corrected chi connectivity index (χ3v) is 11.0. The second kappa shape index (κ2) is 12.2. The summed E-state index contributed by atoms with van der Waals surface area (Å²) in [5, 5.41) is 13.2. The number of β-amino-alcohol motifs (C(OH)–C–C–N with tert-alkyl or cyclic N) is 1. The Morgan fingerprint density at radius 2 is 1.72 bits per heavy atom. The summed E-state index contributed by atoms with van der Waals surface area (Å²) in [6.45, 7) is -1.45. The van der Waals surface area contributed by atoms with Gasteiger partial charge < -0.3 is 14.8 Å². The van der Waals surface area contributed by atoms with Crippen LogP contribution in [0.5, 0.6) is 0 Å². The van der Waals surface area contributed by atoms with Crippen molar-refractivity contribution in [1.82, 2.24) is 24.6 Å². The highest BCUT2D eigenvalue weighted by atomic mass is 32.2. The van der Waals surface area contributed by atoms with Crippen molar-refractivity contribution in [2.45, 2.75) is 18.3 Å².